The third-order valence-corrected chi connectivity index (χ3v) is 2.75. The smallest absolute Gasteiger partial charge is 0.236 e. The second kappa shape index (κ2) is 6.57. The molecule has 0 aliphatic heterocycles. The van der Waals surface area contributed by atoms with Gasteiger partial charge >= 0.3 is 0 Å². The van der Waals surface area contributed by atoms with E-state index in [-0.39, 0.29) is 11.4 Å². The quantitative estimate of drug-likeness (QED) is 0.885. The van der Waals surface area contributed by atoms with E-state index in [1.165, 1.54) is 0 Å². The van der Waals surface area contributed by atoms with E-state index in [4.69, 9.17) is 4.74 Å². The molecule has 1 aromatic carbocycles. The first-order valence-corrected chi connectivity index (χ1v) is 6.44. The zero-order valence-electron chi connectivity index (χ0n) is 12.5. The van der Waals surface area contributed by atoms with Crippen molar-refractivity contribution >= 4 is 5.91 Å². The minimum atomic E-state index is -0.0491. The second-order valence-electron chi connectivity index (χ2n) is 5.70. The molecule has 106 valence electrons. The molecule has 4 nitrogen and oxygen atoms in total. The standard InChI is InChI=1S/C15H24N2O2/c1-15(2,3)16-10-14(18)17(4)11-12-7-6-8-13(9-12)19-5/h6-9,16H,10-11H2,1-5H3. The molecular formula is C15H24N2O2. The molecule has 0 radical (unpaired) electrons. The van der Waals surface area contributed by atoms with Gasteiger partial charge in [-0.05, 0) is 38.5 Å². The van der Waals surface area contributed by atoms with Gasteiger partial charge in [0, 0.05) is 19.1 Å². The van der Waals surface area contributed by atoms with Crippen LogP contribution in [0, 0.1) is 0 Å². The first-order valence-electron chi connectivity index (χ1n) is 6.44. The Morgan fingerprint density at radius 1 is 1.37 bits per heavy atom. The van der Waals surface area contributed by atoms with Crippen LogP contribution in [0.5, 0.6) is 5.75 Å². The van der Waals surface area contributed by atoms with Crippen molar-refractivity contribution in [3.63, 3.8) is 0 Å². The Kier molecular flexibility index (Phi) is 5.36. The molecule has 0 heterocycles. The van der Waals surface area contributed by atoms with Gasteiger partial charge in [0.15, 0.2) is 0 Å². The lowest BCUT2D eigenvalue weighted by atomic mass is 10.1. The number of ether oxygens (including phenoxy) is 1. The molecule has 0 unspecified atom stereocenters. The van der Waals surface area contributed by atoms with E-state index in [0.29, 0.717) is 13.1 Å². The average Bonchev–Trinajstić information content (AvgIpc) is 2.35. The van der Waals surface area contributed by atoms with Crippen LogP contribution >= 0.6 is 0 Å². The van der Waals surface area contributed by atoms with E-state index in [9.17, 15) is 4.79 Å². The fraction of sp³-hybridized carbons (Fsp3) is 0.533. The predicted molar refractivity (Wildman–Crippen MR) is 77.2 cm³/mol. The fourth-order valence-corrected chi connectivity index (χ4v) is 1.61. The number of likely N-dealkylation sites (N-methyl/N-ethyl adjacent to an activating group) is 1. The number of nitrogens with one attached hydrogen (secondary N) is 1. The highest BCUT2D eigenvalue weighted by Gasteiger charge is 2.14. The molecule has 0 saturated carbocycles. The summed E-state index contributed by atoms with van der Waals surface area (Å²) in [6, 6.07) is 7.76. The Morgan fingerprint density at radius 3 is 2.63 bits per heavy atom. The highest BCUT2D eigenvalue weighted by atomic mass is 16.5. The number of hydrogen-bond acceptors (Lipinski definition) is 3. The molecule has 19 heavy (non-hydrogen) atoms. The summed E-state index contributed by atoms with van der Waals surface area (Å²) in [5.74, 6) is 0.893. The molecule has 4 heteroatoms. The Hall–Kier alpha value is -1.55. The third-order valence-electron chi connectivity index (χ3n) is 2.75. The van der Waals surface area contributed by atoms with Crippen LogP contribution in [0.2, 0.25) is 0 Å². The van der Waals surface area contributed by atoms with Crippen molar-refractivity contribution in [2.45, 2.75) is 32.9 Å². The minimum Gasteiger partial charge on any atom is -0.497 e. The van der Waals surface area contributed by atoms with Crippen molar-refractivity contribution in [2.24, 2.45) is 0 Å². The number of benzene rings is 1. The molecule has 0 aromatic heterocycles. The average molecular weight is 264 g/mol. The van der Waals surface area contributed by atoms with Crippen molar-refractivity contribution in [3.05, 3.63) is 29.8 Å². The van der Waals surface area contributed by atoms with E-state index < -0.39 is 0 Å². The lowest BCUT2D eigenvalue weighted by Gasteiger charge is -2.23. The van der Waals surface area contributed by atoms with Crippen molar-refractivity contribution < 1.29 is 9.53 Å². The third kappa shape index (κ3) is 5.75. The Morgan fingerprint density at radius 2 is 2.05 bits per heavy atom. The summed E-state index contributed by atoms with van der Waals surface area (Å²) < 4.78 is 5.17. The highest BCUT2D eigenvalue weighted by Crippen LogP contribution is 2.13. The summed E-state index contributed by atoms with van der Waals surface area (Å²) in [6.07, 6.45) is 0. The summed E-state index contributed by atoms with van der Waals surface area (Å²) in [5, 5.41) is 3.19. The Balaban J connectivity index is 2.53. The number of nitrogens with zero attached hydrogens (tertiary/aromatic N) is 1. The molecule has 0 fully saturated rings. The molecule has 1 rings (SSSR count). The Bertz CT molecular complexity index is 424. The minimum absolute atomic E-state index is 0.0491. The maximum Gasteiger partial charge on any atom is 0.236 e. The zero-order chi connectivity index (χ0) is 14.5. The van der Waals surface area contributed by atoms with Crippen molar-refractivity contribution in [1.29, 1.82) is 0 Å². The van der Waals surface area contributed by atoms with E-state index in [2.05, 4.69) is 5.32 Å². The van der Waals surface area contributed by atoms with E-state index >= 15 is 0 Å². The number of amides is 1. The largest absolute Gasteiger partial charge is 0.497 e. The van der Waals surface area contributed by atoms with Gasteiger partial charge in [-0.15, -0.1) is 0 Å². The van der Waals surface area contributed by atoms with Crippen LogP contribution in [0.25, 0.3) is 0 Å². The number of carbonyl (C=O) groups is 1. The van der Waals surface area contributed by atoms with Crippen LogP contribution in [-0.2, 0) is 11.3 Å². The first kappa shape index (κ1) is 15.5. The fourth-order valence-electron chi connectivity index (χ4n) is 1.61. The number of methoxy groups -OCH3 is 1. The topological polar surface area (TPSA) is 41.6 Å². The van der Waals surface area contributed by atoms with Crippen LogP contribution in [0.4, 0.5) is 0 Å². The van der Waals surface area contributed by atoms with Crippen LogP contribution in [-0.4, -0.2) is 37.0 Å². The summed E-state index contributed by atoms with van der Waals surface area (Å²) in [4.78, 5) is 13.7. The van der Waals surface area contributed by atoms with E-state index in [0.717, 1.165) is 11.3 Å². The normalized spacial score (nSPS) is 11.2. The predicted octanol–water partition coefficient (Wildman–Crippen LogP) is 2.04. The molecule has 0 saturated heterocycles. The van der Waals surface area contributed by atoms with Gasteiger partial charge in [-0.2, -0.15) is 0 Å². The van der Waals surface area contributed by atoms with Gasteiger partial charge in [-0.3, -0.25) is 4.79 Å². The zero-order valence-corrected chi connectivity index (χ0v) is 12.5. The van der Waals surface area contributed by atoms with Gasteiger partial charge in [0.25, 0.3) is 0 Å². The molecular weight excluding hydrogens is 240 g/mol. The van der Waals surface area contributed by atoms with E-state index in [1.54, 1.807) is 12.0 Å². The second-order valence-corrected chi connectivity index (χ2v) is 5.70. The van der Waals surface area contributed by atoms with E-state index in [1.807, 2.05) is 52.1 Å². The molecule has 0 aliphatic carbocycles. The molecule has 0 atom stereocenters. The SMILES string of the molecule is COc1cccc(CN(C)C(=O)CNC(C)(C)C)c1. The van der Waals surface area contributed by atoms with Crippen LogP contribution in [0.1, 0.15) is 26.3 Å². The molecule has 0 bridgehead atoms. The van der Waals surface area contributed by atoms with Gasteiger partial charge in [0.2, 0.25) is 5.91 Å². The summed E-state index contributed by atoms with van der Waals surface area (Å²) in [6.45, 7) is 7.07. The summed E-state index contributed by atoms with van der Waals surface area (Å²) >= 11 is 0. The van der Waals surface area contributed by atoms with Gasteiger partial charge in [0.05, 0.1) is 13.7 Å². The molecule has 1 amide bonds. The van der Waals surface area contributed by atoms with Crippen molar-refractivity contribution in [3.8, 4) is 5.75 Å². The molecule has 0 aliphatic rings. The van der Waals surface area contributed by atoms with Gasteiger partial charge in [-0.1, -0.05) is 12.1 Å². The summed E-state index contributed by atoms with van der Waals surface area (Å²) in [5.41, 5.74) is 1.01. The highest BCUT2D eigenvalue weighted by molar-refractivity contribution is 5.78. The lowest BCUT2D eigenvalue weighted by Crippen LogP contribution is -2.43. The lowest BCUT2D eigenvalue weighted by molar-refractivity contribution is -0.129. The number of carbonyl (C=O) groups excluding carboxylic acids is 1. The molecule has 1 aromatic rings. The number of hydrogen-bond donors (Lipinski definition) is 1. The molecule has 0 spiro atoms. The van der Waals surface area contributed by atoms with Crippen molar-refractivity contribution in [2.75, 3.05) is 20.7 Å². The van der Waals surface area contributed by atoms with Gasteiger partial charge < -0.3 is 15.0 Å². The van der Waals surface area contributed by atoms with Crippen LogP contribution < -0.4 is 10.1 Å². The molecule has 1 N–H and O–H groups in total. The van der Waals surface area contributed by atoms with Gasteiger partial charge in [0.1, 0.15) is 5.75 Å². The number of rotatable bonds is 5. The van der Waals surface area contributed by atoms with Crippen LogP contribution in [0.15, 0.2) is 24.3 Å². The maximum atomic E-state index is 12.0. The monoisotopic (exact) mass is 264 g/mol. The van der Waals surface area contributed by atoms with Crippen LogP contribution in [0.3, 0.4) is 0 Å². The Labute approximate surface area is 115 Å². The van der Waals surface area contributed by atoms with Crippen molar-refractivity contribution in [1.82, 2.24) is 10.2 Å². The maximum absolute atomic E-state index is 12.0. The summed E-state index contributed by atoms with van der Waals surface area (Å²) in [7, 11) is 3.45. The first-order chi connectivity index (χ1) is 8.81. The van der Waals surface area contributed by atoms with Gasteiger partial charge in [-0.25, -0.2) is 0 Å².